The molecule has 0 unspecified atom stereocenters. The zero-order valence-corrected chi connectivity index (χ0v) is 8.17. The van der Waals surface area contributed by atoms with Crippen LogP contribution in [0.5, 0.6) is 0 Å². The molecule has 2 N–H and O–H groups in total. The van der Waals surface area contributed by atoms with Crippen molar-refractivity contribution >= 4 is 11.7 Å². The molecule has 0 radical (unpaired) electrons. The van der Waals surface area contributed by atoms with E-state index in [4.69, 9.17) is 0 Å². The molecule has 14 heavy (non-hydrogen) atoms. The van der Waals surface area contributed by atoms with Crippen LogP contribution in [0.1, 0.15) is 18.9 Å². The van der Waals surface area contributed by atoms with Gasteiger partial charge in [0.1, 0.15) is 5.78 Å². The molecule has 0 aliphatic rings. The van der Waals surface area contributed by atoms with Crippen molar-refractivity contribution in [1.29, 1.82) is 0 Å². The highest BCUT2D eigenvalue weighted by atomic mass is 16.2. The van der Waals surface area contributed by atoms with E-state index in [-0.39, 0.29) is 18.1 Å². The molecule has 0 saturated heterocycles. The topological polar surface area (TPSA) is 62.0 Å². The first-order valence-electron chi connectivity index (χ1n) is 4.56. The lowest BCUT2D eigenvalue weighted by molar-refractivity contribution is -0.127. The maximum Gasteiger partial charge on any atom is 0.227 e. The van der Waals surface area contributed by atoms with Crippen LogP contribution in [0.15, 0.2) is 18.5 Å². The summed E-state index contributed by atoms with van der Waals surface area (Å²) in [5, 5.41) is 2.68. The molecule has 4 heteroatoms. The summed E-state index contributed by atoms with van der Waals surface area (Å²) in [6.45, 7) is 1.98. The molecule has 76 valence electrons. The van der Waals surface area contributed by atoms with E-state index in [1.807, 2.05) is 18.5 Å². The molecule has 0 bridgehead atoms. The van der Waals surface area contributed by atoms with E-state index in [9.17, 15) is 9.59 Å². The summed E-state index contributed by atoms with van der Waals surface area (Å²) in [4.78, 5) is 24.6. The summed E-state index contributed by atoms with van der Waals surface area (Å²) in [6.07, 6.45) is 4.49. The van der Waals surface area contributed by atoms with Crippen LogP contribution in [0.25, 0.3) is 0 Å². The van der Waals surface area contributed by atoms with Crippen LogP contribution in [-0.2, 0) is 16.0 Å². The van der Waals surface area contributed by atoms with Crippen molar-refractivity contribution in [3.8, 4) is 0 Å². The number of ketones is 1. The highest BCUT2D eigenvalue weighted by Gasteiger charge is 2.03. The zero-order valence-electron chi connectivity index (χ0n) is 8.17. The Morgan fingerprint density at radius 3 is 2.86 bits per heavy atom. The van der Waals surface area contributed by atoms with Crippen LogP contribution in [0, 0.1) is 0 Å². The lowest BCUT2D eigenvalue weighted by Crippen LogP contribution is -2.26. The molecule has 4 nitrogen and oxygen atoms in total. The number of hydrogen-bond acceptors (Lipinski definition) is 2. The van der Waals surface area contributed by atoms with Gasteiger partial charge in [0.05, 0.1) is 6.42 Å². The summed E-state index contributed by atoms with van der Waals surface area (Å²) in [5.74, 6) is -0.308. The van der Waals surface area contributed by atoms with E-state index in [0.717, 1.165) is 12.0 Å². The van der Waals surface area contributed by atoms with E-state index in [0.29, 0.717) is 6.54 Å². The smallest absolute Gasteiger partial charge is 0.227 e. The summed E-state index contributed by atoms with van der Waals surface area (Å²) in [6, 6.07) is 1.96. The normalized spacial score (nSPS) is 9.79. The van der Waals surface area contributed by atoms with Crippen LogP contribution in [0.3, 0.4) is 0 Å². The monoisotopic (exact) mass is 194 g/mol. The van der Waals surface area contributed by atoms with Crippen LogP contribution in [-0.4, -0.2) is 23.2 Å². The van der Waals surface area contributed by atoms with E-state index < -0.39 is 0 Å². The lowest BCUT2D eigenvalue weighted by Gasteiger charge is -2.01. The fourth-order valence-corrected chi connectivity index (χ4v) is 1.15. The van der Waals surface area contributed by atoms with Crippen LogP contribution < -0.4 is 5.32 Å². The fraction of sp³-hybridized carbons (Fsp3) is 0.400. The number of carbonyl (C=O) groups is 2. The number of rotatable bonds is 5. The second-order valence-electron chi connectivity index (χ2n) is 3.20. The third kappa shape index (κ3) is 3.89. The Morgan fingerprint density at radius 1 is 1.50 bits per heavy atom. The molecule has 1 aromatic rings. The number of H-pyrrole nitrogens is 1. The predicted molar refractivity (Wildman–Crippen MR) is 52.8 cm³/mol. The third-order valence-electron chi connectivity index (χ3n) is 1.81. The van der Waals surface area contributed by atoms with Gasteiger partial charge in [-0.15, -0.1) is 0 Å². The SMILES string of the molecule is CC(=O)CC(=O)NCCc1cc[nH]c1. The van der Waals surface area contributed by atoms with Gasteiger partial charge in [-0.1, -0.05) is 0 Å². The second-order valence-corrected chi connectivity index (χ2v) is 3.20. The van der Waals surface area contributed by atoms with Gasteiger partial charge in [0.25, 0.3) is 0 Å². The van der Waals surface area contributed by atoms with Gasteiger partial charge in [0.15, 0.2) is 0 Å². The Balaban J connectivity index is 2.15. The van der Waals surface area contributed by atoms with Gasteiger partial charge in [0, 0.05) is 18.9 Å². The number of hydrogen-bond donors (Lipinski definition) is 2. The van der Waals surface area contributed by atoms with Crippen molar-refractivity contribution in [2.75, 3.05) is 6.54 Å². The van der Waals surface area contributed by atoms with Gasteiger partial charge in [-0.2, -0.15) is 0 Å². The van der Waals surface area contributed by atoms with Gasteiger partial charge >= 0.3 is 0 Å². The molecule has 1 rings (SSSR count). The first kappa shape index (κ1) is 10.5. The van der Waals surface area contributed by atoms with Crippen LogP contribution >= 0.6 is 0 Å². The van der Waals surface area contributed by atoms with Gasteiger partial charge in [0.2, 0.25) is 5.91 Å². The van der Waals surface area contributed by atoms with E-state index >= 15 is 0 Å². The largest absolute Gasteiger partial charge is 0.367 e. The first-order valence-corrected chi connectivity index (χ1v) is 4.56. The van der Waals surface area contributed by atoms with Gasteiger partial charge in [-0.05, 0) is 25.0 Å². The Labute approximate surface area is 82.7 Å². The average Bonchev–Trinajstić information content (AvgIpc) is 2.55. The molecular weight excluding hydrogens is 180 g/mol. The maximum atomic E-state index is 11.0. The van der Waals surface area contributed by atoms with Gasteiger partial charge in [-0.25, -0.2) is 0 Å². The predicted octanol–water partition coefficient (Wildman–Crippen LogP) is 0.652. The first-order chi connectivity index (χ1) is 6.68. The summed E-state index contributed by atoms with van der Waals surface area (Å²) >= 11 is 0. The van der Waals surface area contributed by atoms with Gasteiger partial charge in [-0.3, -0.25) is 9.59 Å². The van der Waals surface area contributed by atoms with E-state index in [1.54, 1.807) is 0 Å². The molecule has 0 aromatic carbocycles. The van der Waals surface area contributed by atoms with Crippen molar-refractivity contribution in [3.63, 3.8) is 0 Å². The van der Waals surface area contributed by atoms with Crippen molar-refractivity contribution in [2.24, 2.45) is 0 Å². The van der Waals surface area contributed by atoms with Crippen molar-refractivity contribution in [2.45, 2.75) is 19.8 Å². The molecule has 0 aliphatic heterocycles. The summed E-state index contributed by atoms with van der Waals surface area (Å²) in [7, 11) is 0. The van der Waals surface area contributed by atoms with E-state index in [2.05, 4.69) is 10.3 Å². The second kappa shape index (κ2) is 5.21. The molecule has 0 saturated carbocycles. The number of carbonyl (C=O) groups excluding carboxylic acids is 2. The average molecular weight is 194 g/mol. The van der Waals surface area contributed by atoms with Crippen LogP contribution in [0.2, 0.25) is 0 Å². The van der Waals surface area contributed by atoms with Crippen molar-refractivity contribution in [1.82, 2.24) is 10.3 Å². The number of amides is 1. The number of nitrogens with one attached hydrogen (secondary N) is 2. The minimum absolute atomic E-state index is 0.0207. The molecule has 0 fully saturated rings. The minimum Gasteiger partial charge on any atom is -0.367 e. The molecule has 0 aliphatic carbocycles. The van der Waals surface area contributed by atoms with Gasteiger partial charge < -0.3 is 10.3 Å². The molecule has 0 atom stereocenters. The van der Waals surface area contributed by atoms with Crippen molar-refractivity contribution in [3.05, 3.63) is 24.0 Å². The fourth-order valence-electron chi connectivity index (χ4n) is 1.15. The highest BCUT2D eigenvalue weighted by molar-refractivity contribution is 5.96. The van der Waals surface area contributed by atoms with Crippen LogP contribution in [0.4, 0.5) is 0 Å². The summed E-state index contributed by atoms with van der Waals surface area (Å²) < 4.78 is 0. The Bertz CT molecular complexity index is 304. The number of aromatic amines is 1. The molecular formula is C10H14N2O2. The Morgan fingerprint density at radius 2 is 2.29 bits per heavy atom. The maximum absolute atomic E-state index is 11.0. The number of aromatic nitrogens is 1. The third-order valence-corrected chi connectivity index (χ3v) is 1.81. The quantitative estimate of drug-likeness (QED) is 0.676. The zero-order chi connectivity index (χ0) is 10.4. The lowest BCUT2D eigenvalue weighted by atomic mass is 10.2. The minimum atomic E-state index is -0.201. The molecule has 1 aromatic heterocycles. The number of Topliss-reactive ketones (excluding diaryl/α,β-unsaturated/α-hetero) is 1. The molecule has 0 spiro atoms. The van der Waals surface area contributed by atoms with Crippen molar-refractivity contribution < 1.29 is 9.59 Å². The summed E-state index contributed by atoms with van der Waals surface area (Å²) in [5.41, 5.74) is 1.15. The Kier molecular flexibility index (Phi) is 3.91. The highest BCUT2D eigenvalue weighted by Crippen LogP contribution is 1.96. The molecule has 1 amide bonds. The standard InChI is InChI=1S/C10H14N2O2/c1-8(13)6-10(14)12-5-3-9-2-4-11-7-9/h2,4,7,11H,3,5-6H2,1H3,(H,12,14). The molecule has 1 heterocycles. The van der Waals surface area contributed by atoms with E-state index in [1.165, 1.54) is 6.92 Å². The Hall–Kier alpha value is -1.58.